The lowest BCUT2D eigenvalue weighted by Gasteiger charge is -2.20. The van der Waals surface area contributed by atoms with Gasteiger partial charge in [-0.05, 0) is 44.1 Å². The number of hydrogen-bond acceptors (Lipinski definition) is 3. The highest BCUT2D eigenvalue weighted by molar-refractivity contribution is 9.10. The Morgan fingerprint density at radius 3 is 2.94 bits per heavy atom. The van der Waals surface area contributed by atoms with E-state index < -0.39 is 0 Å². The summed E-state index contributed by atoms with van der Waals surface area (Å²) in [6, 6.07) is 6.06. The second-order valence-corrected chi connectivity index (χ2v) is 5.15. The van der Waals surface area contributed by atoms with E-state index in [9.17, 15) is 0 Å². The summed E-state index contributed by atoms with van der Waals surface area (Å²) in [6.07, 6.45) is 2.29. The predicted molar refractivity (Wildman–Crippen MR) is 66.6 cm³/mol. The molecule has 3 rings (SSSR count). The normalized spacial score (nSPS) is 18.1. The van der Waals surface area contributed by atoms with Crippen LogP contribution >= 0.6 is 15.9 Å². The molecule has 2 aromatic rings. The van der Waals surface area contributed by atoms with E-state index in [4.69, 9.17) is 4.52 Å². The molecule has 84 valence electrons. The third kappa shape index (κ3) is 1.76. The lowest BCUT2D eigenvalue weighted by molar-refractivity contribution is 0.404. The summed E-state index contributed by atoms with van der Waals surface area (Å²) in [5, 5.41) is 8.76. The maximum atomic E-state index is 5.37. The number of piperidine rings is 1. The smallest absolute Gasteiger partial charge is 0.167 e. The topological polar surface area (TPSA) is 38.1 Å². The number of nitrogens with one attached hydrogen (secondary N) is 1. The van der Waals surface area contributed by atoms with Crippen molar-refractivity contribution in [2.75, 3.05) is 13.1 Å². The Bertz CT molecular complexity index is 503. The van der Waals surface area contributed by atoms with Gasteiger partial charge in [-0.25, -0.2) is 0 Å². The molecule has 1 aromatic carbocycles. The quantitative estimate of drug-likeness (QED) is 0.873. The van der Waals surface area contributed by atoms with Crippen LogP contribution in [0.1, 0.15) is 24.5 Å². The van der Waals surface area contributed by atoms with Crippen molar-refractivity contribution in [2.24, 2.45) is 0 Å². The fourth-order valence-corrected chi connectivity index (χ4v) is 2.68. The first kappa shape index (κ1) is 10.3. The molecule has 16 heavy (non-hydrogen) atoms. The average Bonchev–Trinajstić information content (AvgIpc) is 2.73. The highest BCUT2D eigenvalue weighted by Crippen LogP contribution is 2.32. The van der Waals surface area contributed by atoms with Gasteiger partial charge in [0.1, 0.15) is 0 Å². The van der Waals surface area contributed by atoms with E-state index in [0.717, 1.165) is 47.1 Å². The van der Waals surface area contributed by atoms with E-state index in [0.29, 0.717) is 5.92 Å². The fourth-order valence-electron chi connectivity index (χ4n) is 2.32. The van der Waals surface area contributed by atoms with Crippen LogP contribution in [0.25, 0.3) is 11.0 Å². The van der Waals surface area contributed by atoms with Gasteiger partial charge in [-0.2, -0.15) is 0 Å². The molecule has 1 aliphatic rings. The van der Waals surface area contributed by atoms with Crippen molar-refractivity contribution in [2.45, 2.75) is 18.8 Å². The zero-order chi connectivity index (χ0) is 11.0. The molecule has 4 heteroatoms. The summed E-state index contributed by atoms with van der Waals surface area (Å²) in [4.78, 5) is 0. The molecule has 0 unspecified atom stereocenters. The zero-order valence-corrected chi connectivity index (χ0v) is 10.5. The van der Waals surface area contributed by atoms with Crippen LogP contribution in [0.2, 0.25) is 0 Å². The van der Waals surface area contributed by atoms with E-state index >= 15 is 0 Å². The van der Waals surface area contributed by atoms with E-state index in [1.807, 2.05) is 12.1 Å². The number of halogens is 1. The zero-order valence-electron chi connectivity index (χ0n) is 8.87. The molecule has 0 amide bonds. The first-order chi connectivity index (χ1) is 7.84. The first-order valence-corrected chi connectivity index (χ1v) is 6.39. The molecule has 0 radical (unpaired) electrons. The summed E-state index contributed by atoms with van der Waals surface area (Å²) in [7, 11) is 0. The monoisotopic (exact) mass is 280 g/mol. The van der Waals surface area contributed by atoms with Gasteiger partial charge >= 0.3 is 0 Å². The standard InChI is InChI=1S/C12H13BrN2O/c13-9-1-2-11-10(7-9)12(15-16-11)8-3-5-14-6-4-8/h1-2,7-8,14H,3-6H2. The molecule has 1 fully saturated rings. The van der Waals surface area contributed by atoms with Crippen molar-refractivity contribution in [1.29, 1.82) is 0 Å². The van der Waals surface area contributed by atoms with E-state index in [2.05, 4.69) is 32.5 Å². The molecule has 2 heterocycles. The Morgan fingerprint density at radius 1 is 1.31 bits per heavy atom. The van der Waals surface area contributed by atoms with E-state index in [1.165, 1.54) is 0 Å². The van der Waals surface area contributed by atoms with Crippen LogP contribution in [0.4, 0.5) is 0 Å². The van der Waals surface area contributed by atoms with Gasteiger partial charge in [0, 0.05) is 15.8 Å². The molecule has 0 aliphatic carbocycles. The summed E-state index contributed by atoms with van der Waals surface area (Å²) in [5.74, 6) is 0.539. The Morgan fingerprint density at radius 2 is 2.12 bits per heavy atom. The van der Waals surface area contributed by atoms with Gasteiger partial charge in [0.05, 0.1) is 5.69 Å². The van der Waals surface area contributed by atoms with Gasteiger partial charge in [0.2, 0.25) is 0 Å². The van der Waals surface area contributed by atoms with Crippen LogP contribution in [0, 0.1) is 0 Å². The summed E-state index contributed by atoms with van der Waals surface area (Å²) >= 11 is 3.49. The molecular formula is C12H13BrN2O. The second kappa shape index (κ2) is 4.18. The average molecular weight is 281 g/mol. The lowest BCUT2D eigenvalue weighted by atomic mass is 9.93. The molecule has 0 spiro atoms. The van der Waals surface area contributed by atoms with Gasteiger partial charge in [0.25, 0.3) is 0 Å². The minimum atomic E-state index is 0.539. The molecule has 1 saturated heterocycles. The van der Waals surface area contributed by atoms with Crippen LogP contribution in [-0.2, 0) is 0 Å². The predicted octanol–water partition coefficient (Wildman–Crippen LogP) is 3.06. The van der Waals surface area contributed by atoms with Crippen LogP contribution in [0.3, 0.4) is 0 Å². The fraction of sp³-hybridized carbons (Fsp3) is 0.417. The number of benzene rings is 1. The van der Waals surface area contributed by atoms with Crippen molar-refractivity contribution in [3.63, 3.8) is 0 Å². The summed E-state index contributed by atoms with van der Waals surface area (Å²) < 4.78 is 6.45. The van der Waals surface area contributed by atoms with Gasteiger partial charge in [-0.1, -0.05) is 21.1 Å². The van der Waals surface area contributed by atoms with Crippen LogP contribution in [0.15, 0.2) is 27.2 Å². The first-order valence-electron chi connectivity index (χ1n) is 5.60. The Kier molecular flexibility index (Phi) is 2.69. The second-order valence-electron chi connectivity index (χ2n) is 4.23. The minimum absolute atomic E-state index is 0.539. The van der Waals surface area contributed by atoms with Gasteiger partial charge < -0.3 is 9.84 Å². The maximum Gasteiger partial charge on any atom is 0.167 e. The SMILES string of the molecule is Brc1ccc2onc(C3CCNCC3)c2c1. The molecule has 3 nitrogen and oxygen atoms in total. The van der Waals surface area contributed by atoms with Crippen LogP contribution < -0.4 is 5.32 Å². The third-order valence-corrected chi connectivity index (χ3v) is 3.68. The van der Waals surface area contributed by atoms with E-state index in [-0.39, 0.29) is 0 Å². The number of nitrogens with zero attached hydrogens (tertiary/aromatic N) is 1. The van der Waals surface area contributed by atoms with Crippen molar-refractivity contribution in [3.8, 4) is 0 Å². The Hall–Kier alpha value is -0.870. The molecule has 0 saturated carbocycles. The Balaban J connectivity index is 2.05. The molecule has 1 aliphatic heterocycles. The maximum absolute atomic E-state index is 5.37. The summed E-state index contributed by atoms with van der Waals surface area (Å²) in [5.41, 5.74) is 2.01. The van der Waals surface area contributed by atoms with Crippen LogP contribution in [-0.4, -0.2) is 18.2 Å². The van der Waals surface area contributed by atoms with Gasteiger partial charge in [-0.3, -0.25) is 0 Å². The number of fused-ring (bicyclic) bond motifs is 1. The summed E-state index contributed by atoms with van der Waals surface area (Å²) in [6.45, 7) is 2.15. The molecule has 0 bridgehead atoms. The highest BCUT2D eigenvalue weighted by atomic mass is 79.9. The molecule has 1 aromatic heterocycles. The highest BCUT2D eigenvalue weighted by Gasteiger charge is 2.21. The van der Waals surface area contributed by atoms with Gasteiger partial charge in [-0.15, -0.1) is 0 Å². The largest absolute Gasteiger partial charge is 0.356 e. The molecule has 0 atom stereocenters. The van der Waals surface area contributed by atoms with Crippen molar-refractivity contribution < 1.29 is 4.52 Å². The van der Waals surface area contributed by atoms with E-state index in [1.54, 1.807) is 0 Å². The van der Waals surface area contributed by atoms with Gasteiger partial charge in [0.15, 0.2) is 5.58 Å². The molecule has 1 N–H and O–H groups in total. The van der Waals surface area contributed by atoms with Crippen LogP contribution in [0.5, 0.6) is 0 Å². The molecular weight excluding hydrogens is 268 g/mol. The Labute approximate surface area is 102 Å². The van der Waals surface area contributed by atoms with Crippen molar-refractivity contribution in [3.05, 3.63) is 28.4 Å². The number of rotatable bonds is 1. The minimum Gasteiger partial charge on any atom is -0.356 e. The lowest BCUT2D eigenvalue weighted by Crippen LogP contribution is -2.26. The number of hydrogen-bond donors (Lipinski definition) is 1. The third-order valence-electron chi connectivity index (χ3n) is 3.19. The number of aromatic nitrogens is 1. The van der Waals surface area contributed by atoms with Crippen molar-refractivity contribution in [1.82, 2.24) is 10.5 Å². The van der Waals surface area contributed by atoms with Crippen molar-refractivity contribution >= 4 is 26.9 Å².